The van der Waals surface area contributed by atoms with Gasteiger partial charge >= 0.3 is 0 Å². The first kappa shape index (κ1) is 15.7. The fraction of sp³-hybridized carbons (Fsp3) is 0.636. The molecule has 0 aromatic heterocycles. The van der Waals surface area contributed by atoms with Crippen LogP contribution >= 0.6 is 0 Å². The van der Waals surface area contributed by atoms with E-state index in [1.165, 1.54) is 44.1 Å². The minimum atomic E-state index is 0.656. The second-order valence-corrected chi connectivity index (χ2v) is 8.14. The Bertz CT molecular complexity index is 567. The molecular formula is C22H30. The zero-order valence-corrected chi connectivity index (χ0v) is 14.4. The summed E-state index contributed by atoms with van der Waals surface area (Å²) in [5, 5.41) is 0. The molecule has 1 aromatic rings. The summed E-state index contributed by atoms with van der Waals surface area (Å²) in [6, 6.07) is 7.26. The Morgan fingerprint density at radius 3 is 2.64 bits per heavy atom. The molecule has 3 aliphatic carbocycles. The maximum Gasteiger partial charge on any atom is -0.0128 e. The summed E-state index contributed by atoms with van der Waals surface area (Å²) in [6.07, 6.45) is 16.7. The van der Waals surface area contributed by atoms with Gasteiger partial charge in [0.15, 0.2) is 0 Å². The van der Waals surface area contributed by atoms with Crippen LogP contribution in [0, 0.1) is 42.9 Å². The molecule has 0 radical (unpaired) electrons. The number of benzene rings is 1. The van der Waals surface area contributed by atoms with E-state index >= 15 is 0 Å². The van der Waals surface area contributed by atoms with Gasteiger partial charge in [0, 0.05) is 0 Å². The molecule has 0 aliphatic heterocycles. The van der Waals surface area contributed by atoms with E-state index in [2.05, 4.69) is 51.8 Å². The first-order valence-corrected chi connectivity index (χ1v) is 9.02. The summed E-state index contributed by atoms with van der Waals surface area (Å²) in [7, 11) is 0. The van der Waals surface area contributed by atoms with Crippen molar-refractivity contribution in [1.29, 1.82) is 0 Å². The average Bonchev–Trinajstić information content (AvgIpc) is 2.84. The summed E-state index contributed by atoms with van der Waals surface area (Å²) < 4.78 is 0. The predicted molar refractivity (Wildman–Crippen MR) is 94.9 cm³/mol. The second-order valence-electron chi connectivity index (χ2n) is 8.14. The van der Waals surface area contributed by atoms with E-state index < -0.39 is 0 Å². The first-order valence-electron chi connectivity index (χ1n) is 9.02. The van der Waals surface area contributed by atoms with Crippen LogP contribution in [0.4, 0.5) is 0 Å². The Balaban J connectivity index is 0.000000693. The van der Waals surface area contributed by atoms with Crippen LogP contribution in [0.25, 0.3) is 0 Å². The van der Waals surface area contributed by atoms with Crippen LogP contribution in [0.2, 0.25) is 0 Å². The SMILES string of the molecule is C#C.Cc1ccc2c(c1)CCC1C2CCC2(C)C(C)CCC12. The maximum atomic E-state index is 4.00. The van der Waals surface area contributed by atoms with E-state index in [0.717, 1.165) is 23.7 Å². The molecule has 0 heteroatoms. The van der Waals surface area contributed by atoms with Crippen LogP contribution in [-0.2, 0) is 6.42 Å². The monoisotopic (exact) mass is 294 g/mol. The smallest absolute Gasteiger partial charge is 0.0128 e. The van der Waals surface area contributed by atoms with Gasteiger partial charge in [0.1, 0.15) is 0 Å². The van der Waals surface area contributed by atoms with Crippen LogP contribution in [0.1, 0.15) is 68.6 Å². The fourth-order valence-corrected chi connectivity index (χ4v) is 5.97. The molecule has 5 atom stereocenters. The van der Waals surface area contributed by atoms with Gasteiger partial charge in [-0.25, -0.2) is 0 Å². The number of hydrogen-bond donors (Lipinski definition) is 0. The lowest BCUT2D eigenvalue weighted by atomic mass is 9.54. The molecule has 0 saturated heterocycles. The van der Waals surface area contributed by atoms with Crippen molar-refractivity contribution in [3.05, 3.63) is 34.9 Å². The van der Waals surface area contributed by atoms with E-state index in [0.29, 0.717) is 5.41 Å². The zero-order valence-electron chi connectivity index (χ0n) is 14.4. The summed E-state index contributed by atoms with van der Waals surface area (Å²) in [5.41, 5.74) is 5.48. The average molecular weight is 294 g/mol. The Morgan fingerprint density at radius 2 is 1.86 bits per heavy atom. The van der Waals surface area contributed by atoms with Crippen LogP contribution in [-0.4, -0.2) is 0 Å². The number of fused-ring (bicyclic) bond motifs is 5. The van der Waals surface area contributed by atoms with Gasteiger partial charge < -0.3 is 0 Å². The Morgan fingerprint density at radius 1 is 1.09 bits per heavy atom. The molecule has 0 heterocycles. The predicted octanol–water partition coefficient (Wildman–Crippen LogP) is 5.74. The Kier molecular flexibility index (Phi) is 4.11. The third kappa shape index (κ3) is 2.21. The standard InChI is InChI=1S/C20H28.C2H2/c1-13-4-7-16-15(12-13)6-8-18-17(16)10-11-20(3)14(2)5-9-19(18)20;1-2/h4,7,12,14,17-19H,5-6,8-11H2,1-3H3;1-2H. The summed E-state index contributed by atoms with van der Waals surface area (Å²) >= 11 is 0. The van der Waals surface area contributed by atoms with E-state index in [1.54, 1.807) is 11.1 Å². The van der Waals surface area contributed by atoms with Crippen molar-refractivity contribution in [2.24, 2.45) is 23.2 Å². The number of rotatable bonds is 0. The lowest BCUT2D eigenvalue weighted by Gasteiger charge is -2.50. The highest BCUT2D eigenvalue weighted by Crippen LogP contribution is 2.62. The Labute approximate surface area is 136 Å². The summed E-state index contributed by atoms with van der Waals surface area (Å²) in [4.78, 5) is 0. The van der Waals surface area contributed by atoms with Crippen molar-refractivity contribution in [3.8, 4) is 12.8 Å². The molecule has 3 aliphatic rings. The molecule has 118 valence electrons. The van der Waals surface area contributed by atoms with Crippen LogP contribution in [0.15, 0.2) is 18.2 Å². The van der Waals surface area contributed by atoms with Crippen LogP contribution in [0.3, 0.4) is 0 Å². The molecular weight excluding hydrogens is 264 g/mol. The van der Waals surface area contributed by atoms with Gasteiger partial charge in [0.25, 0.3) is 0 Å². The summed E-state index contributed by atoms with van der Waals surface area (Å²) in [6.45, 7) is 7.36. The molecule has 5 unspecified atom stereocenters. The minimum absolute atomic E-state index is 0.656. The molecule has 0 nitrogen and oxygen atoms in total. The highest BCUT2D eigenvalue weighted by atomic mass is 14.6. The first-order chi connectivity index (χ1) is 10.6. The molecule has 2 fully saturated rings. The van der Waals surface area contributed by atoms with Gasteiger partial charge in [0.05, 0.1) is 0 Å². The molecule has 0 amide bonds. The van der Waals surface area contributed by atoms with Gasteiger partial charge in [-0.2, -0.15) is 0 Å². The molecule has 22 heavy (non-hydrogen) atoms. The Hall–Kier alpha value is -1.22. The highest BCUT2D eigenvalue weighted by molar-refractivity contribution is 5.37. The van der Waals surface area contributed by atoms with Crippen molar-refractivity contribution in [3.63, 3.8) is 0 Å². The fourth-order valence-electron chi connectivity index (χ4n) is 5.97. The summed E-state index contributed by atoms with van der Waals surface area (Å²) in [5.74, 6) is 3.81. The van der Waals surface area contributed by atoms with Crippen LogP contribution < -0.4 is 0 Å². The molecule has 2 saturated carbocycles. The number of aryl methyl sites for hydroxylation is 2. The number of hydrogen-bond acceptors (Lipinski definition) is 0. The van der Waals surface area contributed by atoms with Gasteiger partial charge in [-0.15, -0.1) is 12.8 Å². The van der Waals surface area contributed by atoms with Gasteiger partial charge in [-0.3, -0.25) is 0 Å². The lowest BCUT2D eigenvalue weighted by molar-refractivity contribution is 0.0337. The minimum Gasteiger partial charge on any atom is -0.124 e. The van der Waals surface area contributed by atoms with E-state index in [9.17, 15) is 0 Å². The van der Waals surface area contributed by atoms with Gasteiger partial charge in [-0.1, -0.05) is 37.6 Å². The zero-order chi connectivity index (χ0) is 15.9. The molecule has 0 N–H and O–H groups in total. The van der Waals surface area contributed by atoms with E-state index in [-0.39, 0.29) is 0 Å². The topological polar surface area (TPSA) is 0 Å². The molecule has 0 spiro atoms. The van der Waals surface area contributed by atoms with E-state index in [1.807, 2.05) is 0 Å². The van der Waals surface area contributed by atoms with Crippen molar-refractivity contribution in [2.45, 2.75) is 65.2 Å². The number of terminal acetylenes is 1. The third-order valence-corrected chi connectivity index (χ3v) is 7.36. The van der Waals surface area contributed by atoms with Gasteiger partial charge in [-0.05, 0) is 85.7 Å². The quantitative estimate of drug-likeness (QED) is 0.535. The van der Waals surface area contributed by atoms with Crippen molar-refractivity contribution in [2.75, 3.05) is 0 Å². The maximum absolute atomic E-state index is 4.00. The normalized spacial score (nSPS) is 39.0. The van der Waals surface area contributed by atoms with Crippen molar-refractivity contribution >= 4 is 0 Å². The molecule has 1 aromatic carbocycles. The molecule has 0 bridgehead atoms. The largest absolute Gasteiger partial charge is 0.124 e. The second kappa shape index (κ2) is 5.77. The van der Waals surface area contributed by atoms with Crippen molar-refractivity contribution in [1.82, 2.24) is 0 Å². The van der Waals surface area contributed by atoms with Crippen LogP contribution in [0.5, 0.6) is 0 Å². The van der Waals surface area contributed by atoms with E-state index in [4.69, 9.17) is 0 Å². The lowest BCUT2D eigenvalue weighted by Crippen LogP contribution is -2.41. The highest BCUT2D eigenvalue weighted by Gasteiger charge is 2.53. The van der Waals surface area contributed by atoms with Gasteiger partial charge in [0.2, 0.25) is 0 Å². The van der Waals surface area contributed by atoms with Crippen molar-refractivity contribution < 1.29 is 0 Å². The third-order valence-electron chi connectivity index (χ3n) is 7.36. The molecule has 4 rings (SSSR count).